The summed E-state index contributed by atoms with van der Waals surface area (Å²) < 4.78 is 23.9. The number of carboxylic acid groups (broad SMARTS) is 1. The van der Waals surface area contributed by atoms with E-state index in [-0.39, 0.29) is 5.56 Å². The number of hydrogen-bond donors (Lipinski definition) is 1. The Balaban J connectivity index is 1.32. The van der Waals surface area contributed by atoms with Gasteiger partial charge in [-0.05, 0) is 60.4 Å². The van der Waals surface area contributed by atoms with Gasteiger partial charge in [0.2, 0.25) is 0 Å². The summed E-state index contributed by atoms with van der Waals surface area (Å²) in [6.07, 6.45) is 26.1. The molecule has 3 rings (SSSR count). The van der Waals surface area contributed by atoms with Gasteiger partial charge in [0.05, 0.1) is 18.8 Å². The van der Waals surface area contributed by atoms with Gasteiger partial charge in [0.1, 0.15) is 36.2 Å². The monoisotopic (exact) mass is 702 g/mol. The SMILES string of the molecule is CCCCCCCCCCCCOc1ccc(COc2cc(OCc3ccc(OCCCCCCCCCCCC)cc3)cc(C(=O)O)c2)cc1. The van der Waals surface area contributed by atoms with Crippen LogP contribution in [0.25, 0.3) is 0 Å². The third-order valence-corrected chi connectivity index (χ3v) is 9.32. The van der Waals surface area contributed by atoms with Gasteiger partial charge in [0.15, 0.2) is 0 Å². The number of benzene rings is 3. The number of carboxylic acids is 1. The molecule has 0 fully saturated rings. The van der Waals surface area contributed by atoms with Gasteiger partial charge in [0.25, 0.3) is 0 Å². The highest BCUT2D eigenvalue weighted by molar-refractivity contribution is 5.88. The van der Waals surface area contributed by atoms with Crippen molar-refractivity contribution in [3.05, 3.63) is 83.4 Å². The maximum atomic E-state index is 11.8. The molecule has 3 aromatic carbocycles. The maximum Gasteiger partial charge on any atom is 0.335 e. The topological polar surface area (TPSA) is 74.2 Å². The van der Waals surface area contributed by atoms with Crippen molar-refractivity contribution >= 4 is 5.97 Å². The fraction of sp³-hybridized carbons (Fsp3) is 0.578. The zero-order chi connectivity index (χ0) is 36.2. The van der Waals surface area contributed by atoms with Crippen LogP contribution in [-0.2, 0) is 13.2 Å². The van der Waals surface area contributed by atoms with E-state index in [1.807, 2.05) is 48.5 Å². The second-order valence-electron chi connectivity index (χ2n) is 13.9. The predicted octanol–water partition coefficient (Wildman–Crippen LogP) is 13.1. The summed E-state index contributed by atoms with van der Waals surface area (Å²) in [5.74, 6) is 1.57. The van der Waals surface area contributed by atoms with Crippen LogP contribution in [0.15, 0.2) is 66.7 Å². The third-order valence-electron chi connectivity index (χ3n) is 9.32. The van der Waals surface area contributed by atoms with Crippen LogP contribution in [0, 0.1) is 0 Å². The van der Waals surface area contributed by atoms with Gasteiger partial charge in [-0.15, -0.1) is 0 Å². The summed E-state index contributed by atoms with van der Waals surface area (Å²) in [5.41, 5.74) is 2.06. The van der Waals surface area contributed by atoms with Crippen LogP contribution in [0.3, 0.4) is 0 Å². The minimum absolute atomic E-state index is 0.119. The van der Waals surface area contributed by atoms with Crippen LogP contribution in [0.1, 0.15) is 164 Å². The van der Waals surface area contributed by atoms with Crippen LogP contribution in [0.4, 0.5) is 0 Å². The van der Waals surface area contributed by atoms with E-state index < -0.39 is 5.97 Å². The Morgan fingerprint density at radius 1 is 0.431 bits per heavy atom. The second kappa shape index (κ2) is 27.0. The molecule has 0 atom stereocenters. The maximum absolute atomic E-state index is 11.8. The molecule has 0 aromatic heterocycles. The Kier molecular flexibility index (Phi) is 22.1. The number of carbonyl (C=O) groups is 1. The molecule has 6 nitrogen and oxygen atoms in total. The van der Waals surface area contributed by atoms with Gasteiger partial charge in [0, 0.05) is 6.07 Å². The Morgan fingerprint density at radius 2 is 0.765 bits per heavy atom. The fourth-order valence-corrected chi connectivity index (χ4v) is 6.12. The number of aromatic carboxylic acids is 1. The van der Waals surface area contributed by atoms with Crippen molar-refractivity contribution in [3.63, 3.8) is 0 Å². The van der Waals surface area contributed by atoms with Crippen molar-refractivity contribution < 1.29 is 28.8 Å². The molecule has 3 aromatic rings. The first-order valence-corrected chi connectivity index (χ1v) is 20.1. The highest BCUT2D eigenvalue weighted by Crippen LogP contribution is 2.26. The van der Waals surface area contributed by atoms with Crippen molar-refractivity contribution in [1.29, 1.82) is 0 Å². The quantitative estimate of drug-likeness (QED) is 0.0673. The van der Waals surface area contributed by atoms with Gasteiger partial charge in [-0.1, -0.05) is 154 Å². The summed E-state index contributed by atoms with van der Waals surface area (Å²) in [7, 11) is 0. The third kappa shape index (κ3) is 19.5. The van der Waals surface area contributed by atoms with Crippen LogP contribution in [0.5, 0.6) is 23.0 Å². The second-order valence-corrected chi connectivity index (χ2v) is 13.9. The predicted molar refractivity (Wildman–Crippen MR) is 210 cm³/mol. The highest BCUT2D eigenvalue weighted by atomic mass is 16.5. The van der Waals surface area contributed by atoms with Crippen molar-refractivity contribution in [2.75, 3.05) is 13.2 Å². The van der Waals surface area contributed by atoms with Crippen molar-refractivity contribution in [3.8, 4) is 23.0 Å². The largest absolute Gasteiger partial charge is 0.494 e. The first-order chi connectivity index (χ1) is 25.1. The summed E-state index contributed by atoms with van der Waals surface area (Å²) in [6.45, 7) is 6.60. The van der Waals surface area contributed by atoms with Crippen LogP contribution in [-0.4, -0.2) is 24.3 Å². The lowest BCUT2D eigenvalue weighted by molar-refractivity contribution is 0.0695. The van der Waals surface area contributed by atoms with Gasteiger partial charge in [-0.3, -0.25) is 0 Å². The summed E-state index contributed by atoms with van der Waals surface area (Å²) in [4.78, 5) is 11.8. The summed E-state index contributed by atoms with van der Waals surface area (Å²) in [5, 5.41) is 9.68. The molecule has 0 spiro atoms. The lowest BCUT2D eigenvalue weighted by atomic mass is 10.1. The molecular formula is C45H66O6. The van der Waals surface area contributed by atoms with Crippen LogP contribution < -0.4 is 18.9 Å². The summed E-state index contributed by atoms with van der Waals surface area (Å²) in [6, 6.07) is 20.6. The van der Waals surface area contributed by atoms with Crippen molar-refractivity contribution in [2.45, 2.75) is 155 Å². The number of hydrogen-bond acceptors (Lipinski definition) is 5. The van der Waals surface area contributed by atoms with Gasteiger partial charge in [-0.25, -0.2) is 4.79 Å². The Morgan fingerprint density at radius 3 is 1.10 bits per heavy atom. The minimum atomic E-state index is -1.03. The molecule has 282 valence electrons. The van der Waals surface area contributed by atoms with Gasteiger partial charge >= 0.3 is 5.97 Å². The molecule has 0 aliphatic rings. The van der Waals surface area contributed by atoms with Gasteiger partial charge < -0.3 is 24.1 Å². The molecule has 0 amide bonds. The highest BCUT2D eigenvalue weighted by Gasteiger charge is 2.10. The zero-order valence-corrected chi connectivity index (χ0v) is 31.8. The molecular weight excluding hydrogens is 636 g/mol. The molecule has 0 aliphatic carbocycles. The molecule has 51 heavy (non-hydrogen) atoms. The molecule has 0 aliphatic heterocycles. The van der Waals surface area contributed by atoms with Gasteiger partial charge in [-0.2, -0.15) is 0 Å². The van der Waals surface area contributed by atoms with Crippen molar-refractivity contribution in [1.82, 2.24) is 0 Å². The Labute approximate surface area is 309 Å². The normalized spacial score (nSPS) is 11.0. The lowest BCUT2D eigenvalue weighted by Crippen LogP contribution is -2.03. The number of ether oxygens (including phenoxy) is 4. The fourth-order valence-electron chi connectivity index (χ4n) is 6.12. The average molecular weight is 703 g/mol. The minimum Gasteiger partial charge on any atom is -0.494 e. The Bertz CT molecular complexity index is 1210. The van der Waals surface area contributed by atoms with E-state index >= 15 is 0 Å². The molecule has 0 unspecified atom stereocenters. The molecule has 1 N–H and O–H groups in total. The molecule has 6 heteroatoms. The van der Waals surface area contributed by atoms with E-state index in [1.165, 1.54) is 128 Å². The van der Waals surface area contributed by atoms with E-state index in [2.05, 4.69) is 13.8 Å². The van der Waals surface area contributed by atoms with E-state index in [0.29, 0.717) is 24.7 Å². The summed E-state index contributed by atoms with van der Waals surface area (Å²) >= 11 is 0. The molecule has 0 heterocycles. The standard InChI is InChI=1S/C45H66O6/c1-3-5-7-9-11-13-15-17-19-21-31-48-41-27-23-38(24-28-41)36-50-43-33-40(45(46)47)34-44(35-43)51-37-39-25-29-42(30-26-39)49-32-22-20-18-16-14-12-10-8-6-4-2/h23-30,33-35H,3-22,31-32,36-37H2,1-2H3,(H,46,47). The average Bonchev–Trinajstić information content (AvgIpc) is 3.15. The molecule has 0 saturated carbocycles. The first-order valence-electron chi connectivity index (χ1n) is 20.1. The Hall–Kier alpha value is -3.67. The lowest BCUT2D eigenvalue weighted by Gasteiger charge is -2.12. The van der Waals surface area contributed by atoms with E-state index in [4.69, 9.17) is 18.9 Å². The zero-order valence-electron chi connectivity index (χ0n) is 31.8. The van der Waals surface area contributed by atoms with E-state index in [0.717, 1.165) is 48.7 Å². The molecule has 0 saturated heterocycles. The molecule has 0 bridgehead atoms. The van der Waals surface area contributed by atoms with Crippen molar-refractivity contribution in [2.24, 2.45) is 0 Å². The van der Waals surface area contributed by atoms with Crippen LogP contribution in [0.2, 0.25) is 0 Å². The van der Waals surface area contributed by atoms with Crippen LogP contribution >= 0.6 is 0 Å². The van der Waals surface area contributed by atoms with E-state index in [1.54, 1.807) is 6.07 Å². The first kappa shape index (κ1) is 41.7. The number of rotatable bonds is 31. The smallest absolute Gasteiger partial charge is 0.335 e. The molecule has 0 radical (unpaired) electrons. The van der Waals surface area contributed by atoms with E-state index in [9.17, 15) is 9.90 Å². The number of unbranched alkanes of at least 4 members (excludes halogenated alkanes) is 18.